The van der Waals surface area contributed by atoms with Gasteiger partial charge in [0.1, 0.15) is 5.41 Å². The Labute approximate surface area is 246 Å². The summed E-state index contributed by atoms with van der Waals surface area (Å²) in [5, 5.41) is 12.2. The van der Waals surface area contributed by atoms with Gasteiger partial charge in [0.25, 0.3) is 0 Å². The van der Waals surface area contributed by atoms with Crippen LogP contribution in [0.2, 0.25) is 0 Å². The highest BCUT2D eigenvalue weighted by Gasteiger charge is 2.75. The minimum Gasteiger partial charge on any atom is -0.481 e. The van der Waals surface area contributed by atoms with E-state index in [0.717, 1.165) is 6.08 Å². The topological polar surface area (TPSA) is 129 Å². The predicted molar refractivity (Wildman–Crippen MR) is 147 cm³/mol. The number of hydrogen-bond donors (Lipinski definition) is 3. The van der Waals surface area contributed by atoms with Crippen LogP contribution in [-0.4, -0.2) is 46.6 Å². The number of aliphatic carboxylic acids is 2. The zero-order valence-corrected chi connectivity index (χ0v) is 23.7. The van der Waals surface area contributed by atoms with E-state index in [2.05, 4.69) is 91.0 Å². The molecule has 7 nitrogen and oxygen atoms in total. The first-order chi connectivity index (χ1) is 20.0. The summed E-state index contributed by atoms with van der Waals surface area (Å²) in [5.41, 5.74) is -3.72. The van der Waals surface area contributed by atoms with Gasteiger partial charge in [0.15, 0.2) is 20.6 Å². The highest BCUT2D eigenvalue weighted by Crippen LogP contribution is 2.57. The number of carbonyl (C=O) groups is 2. The minimum absolute atomic E-state index is 0.0146. The Balaban J connectivity index is 0.000000241. The number of benzene rings is 3. The molecule has 230 valence electrons. The Bertz CT molecular complexity index is 1440. The van der Waals surface area contributed by atoms with Gasteiger partial charge in [0, 0.05) is 0 Å². The summed E-state index contributed by atoms with van der Waals surface area (Å²) < 4.78 is 97.5. The zero-order chi connectivity index (χ0) is 32.1. The van der Waals surface area contributed by atoms with Crippen molar-refractivity contribution in [2.45, 2.75) is 39.0 Å². The Hall–Kier alpha value is -3.75. The highest BCUT2D eigenvalue weighted by atomic mass is 32.2. The third kappa shape index (κ3) is 7.25. The lowest BCUT2D eigenvalue weighted by Crippen LogP contribution is -2.61. The first-order valence-electron chi connectivity index (χ1n) is 12.5. The van der Waals surface area contributed by atoms with E-state index in [0.29, 0.717) is 6.08 Å². The average molecular weight is 646 g/mol. The van der Waals surface area contributed by atoms with Crippen molar-refractivity contribution >= 4 is 33.0 Å². The quantitative estimate of drug-likeness (QED) is 0.110. The molecule has 0 spiro atoms. The van der Waals surface area contributed by atoms with Gasteiger partial charge in [0.05, 0.1) is 16.8 Å². The molecule has 0 saturated heterocycles. The molecule has 3 unspecified atom stereocenters. The number of allylic oxidation sites excluding steroid dienone is 1. The van der Waals surface area contributed by atoms with Crippen molar-refractivity contribution in [3.63, 3.8) is 0 Å². The molecule has 1 aliphatic carbocycles. The van der Waals surface area contributed by atoms with E-state index >= 15 is 0 Å². The lowest BCUT2D eigenvalue weighted by atomic mass is 9.61. The summed E-state index contributed by atoms with van der Waals surface area (Å²) in [6.07, 6.45) is -6.40. The summed E-state index contributed by atoms with van der Waals surface area (Å²) in [4.78, 5) is 26.7. The summed E-state index contributed by atoms with van der Waals surface area (Å²) in [7, 11) is -6.70. The van der Waals surface area contributed by atoms with Crippen LogP contribution in [0.3, 0.4) is 0 Å². The molecule has 4 rings (SSSR count). The normalized spacial score (nSPS) is 19.7. The van der Waals surface area contributed by atoms with E-state index in [1.54, 1.807) is 0 Å². The number of carboxylic acids is 2. The standard InChI is InChI=1S/C18H15S.C11H11F5O7S/c1-4-10-16(11-5-1)19(17-12-6-2-7-13-17)18-14-8-3-9-15-18;12-10(13,14)7(11(15,16)24(21,22)23)9(8(19)20)4-2-1-3-5(9)6(17)18/h1-15H;1,3,5,7H,2,4H2,(H,17,18)(H,19,20)(H,21,22,23)/q+1;. The second-order valence-electron chi connectivity index (χ2n) is 9.39. The van der Waals surface area contributed by atoms with Crippen molar-refractivity contribution < 1.29 is 54.7 Å². The predicted octanol–water partition coefficient (Wildman–Crippen LogP) is 6.55. The molecule has 0 saturated carbocycles. The van der Waals surface area contributed by atoms with Gasteiger partial charge in [-0.1, -0.05) is 66.7 Å². The van der Waals surface area contributed by atoms with Gasteiger partial charge >= 0.3 is 33.5 Å². The fraction of sp³-hybridized carbons (Fsp3) is 0.241. The van der Waals surface area contributed by atoms with Gasteiger partial charge in [-0.3, -0.25) is 14.1 Å². The summed E-state index contributed by atoms with van der Waals surface area (Å²) in [6.45, 7) is 0. The maximum absolute atomic E-state index is 13.9. The second kappa shape index (κ2) is 13.3. The van der Waals surface area contributed by atoms with E-state index in [1.807, 2.05) is 0 Å². The van der Waals surface area contributed by atoms with E-state index in [9.17, 15) is 40.0 Å². The van der Waals surface area contributed by atoms with Gasteiger partial charge < -0.3 is 10.2 Å². The van der Waals surface area contributed by atoms with Crippen molar-refractivity contribution in [3.05, 3.63) is 103 Å². The molecule has 0 bridgehead atoms. The van der Waals surface area contributed by atoms with Gasteiger partial charge in [-0.05, 0) is 49.2 Å². The van der Waals surface area contributed by atoms with Gasteiger partial charge in [-0.25, -0.2) is 0 Å². The first kappa shape index (κ1) is 33.7. The van der Waals surface area contributed by atoms with Crippen LogP contribution in [0.4, 0.5) is 22.0 Å². The molecule has 0 fully saturated rings. The third-order valence-electron chi connectivity index (χ3n) is 6.73. The van der Waals surface area contributed by atoms with Crippen molar-refractivity contribution in [1.29, 1.82) is 0 Å². The Morgan fingerprint density at radius 3 is 1.49 bits per heavy atom. The third-order valence-corrected chi connectivity index (χ3v) is 9.89. The molecule has 3 aromatic carbocycles. The van der Waals surface area contributed by atoms with Crippen molar-refractivity contribution in [2.75, 3.05) is 0 Å². The number of hydrogen-bond acceptors (Lipinski definition) is 4. The summed E-state index contributed by atoms with van der Waals surface area (Å²) >= 11 is 0. The SMILES string of the molecule is O=C(O)C1C=CCCC1(C(=O)O)C(C(F)(F)F)C(F)(F)S(=O)(=O)O.c1ccc([S+](c2ccccc2)c2ccccc2)cc1. The lowest BCUT2D eigenvalue weighted by molar-refractivity contribution is -0.263. The molecular formula is C29H26F5O7S2+. The van der Waals surface area contributed by atoms with Gasteiger partial charge in [-0.2, -0.15) is 30.4 Å². The van der Waals surface area contributed by atoms with Crippen LogP contribution in [0.25, 0.3) is 0 Å². The van der Waals surface area contributed by atoms with Crippen LogP contribution in [0.5, 0.6) is 0 Å². The van der Waals surface area contributed by atoms with Crippen LogP contribution in [0.15, 0.2) is 118 Å². The largest absolute Gasteiger partial charge is 0.481 e. The lowest BCUT2D eigenvalue weighted by Gasteiger charge is -2.44. The van der Waals surface area contributed by atoms with Crippen LogP contribution in [0, 0.1) is 17.3 Å². The molecule has 3 atom stereocenters. The Morgan fingerprint density at radius 1 is 0.791 bits per heavy atom. The number of rotatable bonds is 8. The first-order valence-corrected chi connectivity index (χ1v) is 15.2. The van der Waals surface area contributed by atoms with E-state index < -0.39 is 63.6 Å². The molecule has 0 aliphatic heterocycles. The second-order valence-corrected chi connectivity index (χ2v) is 12.9. The molecule has 0 aromatic heterocycles. The number of halogens is 5. The molecule has 0 radical (unpaired) electrons. The smallest absolute Gasteiger partial charge is 0.399 e. The maximum Gasteiger partial charge on any atom is 0.399 e. The number of alkyl halides is 5. The van der Waals surface area contributed by atoms with Crippen LogP contribution in [0.1, 0.15) is 12.8 Å². The molecule has 3 aromatic rings. The fourth-order valence-electron chi connectivity index (χ4n) is 4.88. The van der Waals surface area contributed by atoms with E-state index in [1.165, 1.54) is 14.7 Å². The van der Waals surface area contributed by atoms with Crippen molar-refractivity contribution in [2.24, 2.45) is 17.3 Å². The number of carboxylic acid groups (broad SMARTS) is 2. The Morgan fingerprint density at radius 2 is 1.19 bits per heavy atom. The maximum atomic E-state index is 13.9. The van der Waals surface area contributed by atoms with Crippen LogP contribution >= 0.6 is 0 Å². The Kier molecular flexibility index (Phi) is 10.4. The zero-order valence-electron chi connectivity index (χ0n) is 22.1. The monoisotopic (exact) mass is 645 g/mol. The molecule has 43 heavy (non-hydrogen) atoms. The average Bonchev–Trinajstić information content (AvgIpc) is 2.94. The van der Waals surface area contributed by atoms with Crippen LogP contribution in [-0.2, 0) is 30.6 Å². The molecule has 3 N–H and O–H groups in total. The van der Waals surface area contributed by atoms with Gasteiger partial charge in [0.2, 0.25) is 0 Å². The van der Waals surface area contributed by atoms with E-state index in [4.69, 9.17) is 14.8 Å². The molecular weight excluding hydrogens is 619 g/mol. The van der Waals surface area contributed by atoms with Gasteiger partial charge in [-0.15, -0.1) is 0 Å². The molecule has 0 amide bonds. The summed E-state index contributed by atoms with van der Waals surface area (Å²) in [5.74, 6) is -11.8. The molecule has 1 aliphatic rings. The van der Waals surface area contributed by atoms with Crippen molar-refractivity contribution in [1.82, 2.24) is 0 Å². The fourth-order valence-corrected chi connectivity index (χ4v) is 7.63. The molecule has 14 heteroatoms. The summed E-state index contributed by atoms with van der Waals surface area (Å²) in [6, 6.07) is 32.2. The molecule has 0 heterocycles. The highest BCUT2D eigenvalue weighted by molar-refractivity contribution is 7.97. The van der Waals surface area contributed by atoms with Crippen LogP contribution < -0.4 is 0 Å². The van der Waals surface area contributed by atoms with E-state index in [-0.39, 0.29) is 10.9 Å². The van der Waals surface area contributed by atoms with Crippen molar-refractivity contribution in [3.8, 4) is 0 Å². The minimum atomic E-state index is -6.69.